The highest BCUT2D eigenvalue weighted by atomic mass is 16.5. The lowest BCUT2D eigenvalue weighted by molar-refractivity contribution is -0.124. The Morgan fingerprint density at radius 2 is 2.00 bits per heavy atom. The fraction of sp³-hybridized carbons (Fsp3) is 0.333. The lowest BCUT2D eigenvalue weighted by Crippen LogP contribution is -2.29. The highest BCUT2D eigenvalue weighted by Crippen LogP contribution is 2.16. The van der Waals surface area contributed by atoms with Crippen molar-refractivity contribution in [2.45, 2.75) is 18.9 Å². The van der Waals surface area contributed by atoms with Crippen molar-refractivity contribution in [3.63, 3.8) is 0 Å². The van der Waals surface area contributed by atoms with E-state index in [1.54, 1.807) is 42.7 Å². The summed E-state index contributed by atoms with van der Waals surface area (Å²) in [5.41, 5.74) is 1.06. The molecule has 3 rings (SSSR count). The molecule has 1 atom stereocenters. The molecule has 0 radical (unpaired) electrons. The molecule has 1 saturated heterocycles. The zero-order valence-electron chi connectivity index (χ0n) is 14.3. The van der Waals surface area contributed by atoms with Crippen LogP contribution in [0.1, 0.15) is 23.2 Å². The van der Waals surface area contributed by atoms with Gasteiger partial charge in [-0.15, -0.1) is 0 Å². The van der Waals surface area contributed by atoms with Crippen LogP contribution in [-0.2, 0) is 9.53 Å². The number of benzene rings is 1. The third-order valence-electron chi connectivity index (χ3n) is 3.87. The zero-order chi connectivity index (χ0) is 18.2. The van der Waals surface area contributed by atoms with E-state index in [4.69, 9.17) is 4.74 Å². The van der Waals surface area contributed by atoms with Gasteiger partial charge in [0, 0.05) is 43.3 Å². The van der Waals surface area contributed by atoms with E-state index in [2.05, 4.69) is 25.9 Å². The molecule has 0 aliphatic carbocycles. The Kier molecular flexibility index (Phi) is 6.10. The third kappa shape index (κ3) is 5.00. The minimum Gasteiger partial charge on any atom is -0.368 e. The van der Waals surface area contributed by atoms with E-state index >= 15 is 0 Å². The largest absolute Gasteiger partial charge is 0.368 e. The maximum absolute atomic E-state index is 12.2. The summed E-state index contributed by atoms with van der Waals surface area (Å²) in [6.45, 7) is 1.54. The Bertz CT molecular complexity index is 748. The number of carbonyl (C=O) groups excluding carboxylic acids is 2. The predicted octanol–water partition coefficient (Wildman–Crippen LogP) is 1.44. The Morgan fingerprint density at radius 1 is 1.15 bits per heavy atom. The molecule has 0 spiro atoms. The first-order chi connectivity index (χ1) is 12.7. The van der Waals surface area contributed by atoms with Gasteiger partial charge in [-0.2, -0.15) is 0 Å². The van der Waals surface area contributed by atoms with Gasteiger partial charge in [-0.3, -0.25) is 9.59 Å². The highest BCUT2D eigenvalue weighted by molar-refractivity contribution is 5.98. The van der Waals surface area contributed by atoms with Crippen molar-refractivity contribution in [3.05, 3.63) is 48.3 Å². The molecule has 3 N–H and O–H groups in total. The van der Waals surface area contributed by atoms with Gasteiger partial charge in [-0.1, -0.05) is 6.07 Å². The second-order valence-corrected chi connectivity index (χ2v) is 5.83. The summed E-state index contributed by atoms with van der Waals surface area (Å²) in [6, 6.07) is 8.56. The van der Waals surface area contributed by atoms with Gasteiger partial charge in [0.1, 0.15) is 6.10 Å². The fourth-order valence-electron chi connectivity index (χ4n) is 2.59. The molecule has 1 aromatic heterocycles. The molecule has 1 unspecified atom stereocenters. The fourth-order valence-corrected chi connectivity index (χ4v) is 2.59. The quantitative estimate of drug-likeness (QED) is 0.649. The Morgan fingerprint density at radius 3 is 2.77 bits per heavy atom. The maximum atomic E-state index is 12.2. The smallest absolute Gasteiger partial charge is 0.253 e. The van der Waals surface area contributed by atoms with Gasteiger partial charge in [0.2, 0.25) is 5.95 Å². The zero-order valence-corrected chi connectivity index (χ0v) is 14.3. The van der Waals surface area contributed by atoms with Crippen LogP contribution in [0, 0.1) is 0 Å². The van der Waals surface area contributed by atoms with Crippen molar-refractivity contribution in [2.24, 2.45) is 0 Å². The number of ether oxygens (including phenoxy) is 1. The van der Waals surface area contributed by atoms with E-state index in [0.717, 1.165) is 12.8 Å². The molecule has 2 heterocycles. The number of hydrogen-bond acceptors (Lipinski definition) is 6. The van der Waals surface area contributed by atoms with Crippen molar-refractivity contribution in [1.82, 2.24) is 15.3 Å². The standard InChI is InChI=1S/C18H21N5O3/c24-16(19-9-10-22-18-20-7-3-8-21-18)13-4-1-5-14(12-13)23-17(25)15-6-2-11-26-15/h1,3-5,7-8,12,15H,2,6,9-11H2,(H,19,24)(H,23,25)(H,20,21,22). The number of rotatable bonds is 7. The minimum atomic E-state index is -0.404. The summed E-state index contributed by atoms with van der Waals surface area (Å²) in [5, 5.41) is 8.62. The maximum Gasteiger partial charge on any atom is 0.253 e. The second-order valence-electron chi connectivity index (χ2n) is 5.83. The number of nitrogens with zero attached hydrogens (tertiary/aromatic N) is 2. The van der Waals surface area contributed by atoms with Crippen molar-refractivity contribution >= 4 is 23.5 Å². The summed E-state index contributed by atoms with van der Waals surface area (Å²) in [5.74, 6) is 0.127. The SMILES string of the molecule is O=C(NCCNc1ncccn1)c1cccc(NC(=O)C2CCCO2)c1. The number of carbonyl (C=O) groups is 2. The molecule has 8 nitrogen and oxygen atoms in total. The third-order valence-corrected chi connectivity index (χ3v) is 3.87. The van der Waals surface area contributed by atoms with Crippen molar-refractivity contribution < 1.29 is 14.3 Å². The van der Waals surface area contributed by atoms with Crippen LogP contribution in [0.25, 0.3) is 0 Å². The number of amides is 2. The molecule has 26 heavy (non-hydrogen) atoms. The van der Waals surface area contributed by atoms with Gasteiger partial charge < -0.3 is 20.7 Å². The van der Waals surface area contributed by atoms with Crippen molar-refractivity contribution in [1.29, 1.82) is 0 Å². The molecule has 1 aromatic carbocycles. The molecule has 136 valence electrons. The van der Waals surface area contributed by atoms with Gasteiger partial charge in [0.05, 0.1) is 0 Å². The van der Waals surface area contributed by atoms with E-state index in [1.807, 2.05) is 0 Å². The predicted molar refractivity (Wildman–Crippen MR) is 96.9 cm³/mol. The first-order valence-corrected chi connectivity index (χ1v) is 8.54. The Labute approximate surface area is 151 Å². The molecule has 1 fully saturated rings. The summed E-state index contributed by atoms with van der Waals surface area (Å²) in [7, 11) is 0. The normalized spacial score (nSPS) is 16.1. The van der Waals surface area contributed by atoms with Crippen LogP contribution in [0.4, 0.5) is 11.6 Å². The van der Waals surface area contributed by atoms with Crippen LogP contribution >= 0.6 is 0 Å². The number of hydrogen-bond donors (Lipinski definition) is 3. The molecular weight excluding hydrogens is 334 g/mol. The van der Waals surface area contributed by atoms with E-state index in [9.17, 15) is 9.59 Å². The van der Waals surface area contributed by atoms with Gasteiger partial charge in [-0.05, 0) is 37.1 Å². The molecule has 2 aromatic rings. The van der Waals surface area contributed by atoms with Gasteiger partial charge in [-0.25, -0.2) is 9.97 Å². The second kappa shape index (κ2) is 8.91. The average Bonchev–Trinajstić information content (AvgIpc) is 3.21. The lowest BCUT2D eigenvalue weighted by atomic mass is 10.1. The monoisotopic (exact) mass is 355 g/mol. The molecule has 0 saturated carbocycles. The molecule has 8 heteroatoms. The van der Waals surface area contributed by atoms with Gasteiger partial charge in [0.25, 0.3) is 11.8 Å². The van der Waals surface area contributed by atoms with Crippen LogP contribution in [0.5, 0.6) is 0 Å². The topological polar surface area (TPSA) is 105 Å². The van der Waals surface area contributed by atoms with Crippen molar-refractivity contribution in [3.8, 4) is 0 Å². The van der Waals surface area contributed by atoms with E-state index in [-0.39, 0.29) is 11.8 Å². The average molecular weight is 355 g/mol. The number of nitrogens with one attached hydrogen (secondary N) is 3. The molecule has 1 aliphatic heterocycles. The summed E-state index contributed by atoms with van der Waals surface area (Å²) in [6.07, 6.45) is 4.50. The first kappa shape index (κ1) is 17.8. The van der Waals surface area contributed by atoms with E-state index in [1.165, 1.54) is 0 Å². The van der Waals surface area contributed by atoms with Crippen LogP contribution in [0.2, 0.25) is 0 Å². The van der Waals surface area contributed by atoms with Gasteiger partial charge >= 0.3 is 0 Å². The van der Waals surface area contributed by atoms with Crippen molar-refractivity contribution in [2.75, 3.05) is 30.3 Å². The van der Waals surface area contributed by atoms with E-state index < -0.39 is 6.10 Å². The van der Waals surface area contributed by atoms with Crippen LogP contribution in [0.3, 0.4) is 0 Å². The number of anilines is 2. The van der Waals surface area contributed by atoms with Crippen LogP contribution in [0.15, 0.2) is 42.7 Å². The van der Waals surface area contributed by atoms with Crippen LogP contribution in [-0.4, -0.2) is 47.6 Å². The summed E-state index contributed by atoms with van der Waals surface area (Å²) < 4.78 is 5.36. The minimum absolute atomic E-state index is 0.174. The first-order valence-electron chi connectivity index (χ1n) is 8.54. The van der Waals surface area contributed by atoms with E-state index in [0.29, 0.717) is 36.9 Å². The summed E-state index contributed by atoms with van der Waals surface area (Å²) >= 11 is 0. The molecule has 1 aliphatic rings. The Balaban J connectivity index is 1.47. The van der Waals surface area contributed by atoms with Crippen LogP contribution < -0.4 is 16.0 Å². The molecule has 2 amide bonds. The molecular formula is C18H21N5O3. The summed E-state index contributed by atoms with van der Waals surface area (Å²) in [4.78, 5) is 32.4. The lowest BCUT2D eigenvalue weighted by Gasteiger charge is -2.11. The molecule has 0 bridgehead atoms. The highest BCUT2D eigenvalue weighted by Gasteiger charge is 2.23. The van der Waals surface area contributed by atoms with Gasteiger partial charge in [0.15, 0.2) is 0 Å². The number of aromatic nitrogens is 2. The Hall–Kier alpha value is -3.00.